The topological polar surface area (TPSA) is 3.88 Å². The van der Waals surface area contributed by atoms with Crippen molar-refractivity contribution in [1.82, 2.24) is 0 Å². The minimum Gasteiger partial charge on any atom is -0.198 e. The Bertz CT molecular complexity index is 706. The second-order valence-corrected chi connectivity index (χ2v) is 6.56. The SMILES string of the molecule is Cc1c(C(C)C)c(C)c2c(c1C)c(C)c(C)c(C)[n+]2C. The second-order valence-electron chi connectivity index (χ2n) is 6.56. The molecule has 108 valence electrons. The van der Waals surface area contributed by atoms with E-state index in [4.69, 9.17) is 0 Å². The van der Waals surface area contributed by atoms with E-state index in [0.717, 1.165) is 0 Å². The van der Waals surface area contributed by atoms with Gasteiger partial charge in [-0.15, -0.1) is 0 Å². The Hall–Kier alpha value is -1.37. The van der Waals surface area contributed by atoms with Crippen molar-refractivity contribution < 1.29 is 4.57 Å². The molecule has 1 heterocycles. The number of aryl methyl sites for hydroxylation is 4. The molecular formula is C19H28N+. The molecule has 20 heavy (non-hydrogen) atoms. The summed E-state index contributed by atoms with van der Waals surface area (Å²) >= 11 is 0. The van der Waals surface area contributed by atoms with Crippen molar-refractivity contribution in [2.45, 2.75) is 61.3 Å². The van der Waals surface area contributed by atoms with Crippen molar-refractivity contribution in [3.63, 3.8) is 0 Å². The smallest absolute Gasteiger partial charge is 0.198 e. The number of rotatable bonds is 1. The van der Waals surface area contributed by atoms with Crippen LogP contribution in [0, 0.1) is 41.5 Å². The van der Waals surface area contributed by atoms with Gasteiger partial charge in [0.05, 0.1) is 5.39 Å². The lowest BCUT2D eigenvalue weighted by molar-refractivity contribution is -0.651. The Balaban J connectivity index is 3.17. The standard InChI is InChI=1S/C19H28N/c1-10(2)17-13(5)14(6)18-12(4)11(3)16(8)20(9)19(18)15(17)7/h10H,1-9H3/q+1. The molecule has 1 nitrogen and oxygen atoms in total. The van der Waals surface area contributed by atoms with Crippen LogP contribution < -0.4 is 4.57 Å². The maximum Gasteiger partial charge on any atom is 0.216 e. The molecule has 2 rings (SSSR count). The largest absolute Gasteiger partial charge is 0.216 e. The molecule has 0 saturated heterocycles. The van der Waals surface area contributed by atoms with Crippen molar-refractivity contribution in [3.05, 3.63) is 39.1 Å². The van der Waals surface area contributed by atoms with E-state index in [1.54, 1.807) is 0 Å². The summed E-state index contributed by atoms with van der Waals surface area (Å²) < 4.78 is 2.38. The fourth-order valence-corrected chi connectivity index (χ4v) is 3.79. The van der Waals surface area contributed by atoms with Gasteiger partial charge in [-0.25, -0.2) is 0 Å². The van der Waals surface area contributed by atoms with Crippen molar-refractivity contribution in [2.24, 2.45) is 7.05 Å². The molecule has 0 unspecified atom stereocenters. The van der Waals surface area contributed by atoms with Crippen LogP contribution in [0.25, 0.3) is 10.9 Å². The van der Waals surface area contributed by atoms with Crippen LogP contribution in [0.2, 0.25) is 0 Å². The van der Waals surface area contributed by atoms with Crippen LogP contribution in [0.4, 0.5) is 0 Å². The second kappa shape index (κ2) is 4.87. The number of hydrogen-bond acceptors (Lipinski definition) is 0. The molecule has 0 N–H and O–H groups in total. The summed E-state index contributed by atoms with van der Waals surface area (Å²) in [5.74, 6) is 0.569. The van der Waals surface area contributed by atoms with Gasteiger partial charge in [0, 0.05) is 18.1 Å². The summed E-state index contributed by atoms with van der Waals surface area (Å²) in [5.41, 5.74) is 11.5. The molecule has 0 saturated carbocycles. The Morgan fingerprint density at radius 3 is 1.70 bits per heavy atom. The van der Waals surface area contributed by atoms with E-state index in [9.17, 15) is 0 Å². The molecule has 2 aromatic rings. The average molecular weight is 270 g/mol. The number of nitrogens with zero attached hydrogens (tertiary/aromatic N) is 1. The van der Waals surface area contributed by atoms with Gasteiger partial charge in [0.1, 0.15) is 7.05 Å². The number of pyridine rings is 1. The maximum absolute atomic E-state index is 2.38. The summed E-state index contributed by atoms with van der Waals surface area (Å²) in [6.45, 7) is 18.2. The lowest BCUT2D eigenvalue weighted by Crippen LogP contribution is -2.35. The predicted octanol–water partition coefficient (Wildman–Crippen LogP) is 4.64. The minimum atomic E-state index is 0.569. The van der Waals surface area contributed by atoms with E-state index < -0.39 is 0 Å². The fraction of sp³-hybridized carbons (Fsp3) is 0.526. The zero-order valence-electron chi connectivity index (χ0n) is 14.5. The van der Waals surface area contributed by atoms with Crippen LogP contribution in [-0.4, -0.2) is 0 Å². The summed E-state index contributed by atoms with van der Waals surface area (Å²) in [6, 6.07) is 0. The number of fused-ring (bicyclic) bond motifs is 1. The van der Waals surface area contributed by atoms with Crippen molar-refractivity contribution in [2.75, 3.05) is 0 Å². The van der Waals surface area contributed by atoms with Gasteiger partial charge in [0.25, 0.3) is 0 Å². The lowest BCUT2D eigenvalue weighted by atomic mass is 9.85. The summed E-state index contributed by atoms with van der Waals surface area (Å²) in [7, 11) is 2.20. The van der Waals surface area contributed by atoms with Crippen LogP contribution in [0.1, 0.15) is 58.8 Å². The molecule has 0 aliphatic rings. The molecule has 1 aromatic heterocycles. The van der Waals surface area contributed by atoms with Gasteiger partial charge < -0.3 is 0 Å². The molecule has 1 aromatic carbocycles. The monoisotopic (exact) mass is 270 g/mol. The molecule has 0 radical (unpaired) electrons. The first-order valence-electron chi connectivity index (χ1n) is 7.59. The number of benzene rings is 1. The molecule has 0 aliphatic heterocycles. The van der Waals surface area contributed by atoms with Gasteiger partial charge >= 0.3 is 0 Å². The van der Waals surface area contributed by atoms with E-state index in [-0.39, 0.29) is 0 Å². The Morgan fingerprint density at radius 1 is 0.700 bits per heavy atom. The van der Waals surface area contributed by atoms with Gasteiger partial charge in [0.2, 0.25) is 5.52 Å². The summed E-state index contributed by atoms with van der Waals surface area (Å²) in [5, 5.41) is 1.45. The number of hydrogen-bond donors (Lipinski definition) is 0. The highest BCUT2D eigenvalue weighted by atomic mass is 14.9. The molecule has 0 aliphatic carbocycles. The lowest BCUT2D eigenvalue weighted by Gasteiger charge is -2.20. The molecule has 0 bridgehead atoms. The van der Waals surface area contributed by atoms with Gasteiger partial charge in [-0.05, 0) is 62.8 Å². The Morgan fingerprint density at radius 2 is 1.20 bits per heavy atom. The molecule has 0 fully saturated rings. The van der Waals surface area contributed by atoms with Crippen LogP contribution in [0.3, 0.4) is 0 Å². The molecule has 0 atom stereocenters. The molecule has 0 amide bonds. The zero-order chi connectivity index (χ0) is 15.4. The first kappa shape index (κ1) is 15.0. The molecule has 0 spiro atoms. The minimum absolute atomic E-state index is 0.569. The zero-order valence-corrected chi connectivity index (χ0v) is 14.5. The van der Waals surface area contributed by atoms with Crippen LogP contribution in [0.15, 0.2) is 0 Å². The van der Waals surface area contributed by atoms with E-state index >= 15 is 0 Å². The first-order valence-corrected chi connectivity index (χ1v) is 7.59. The highest BCUT2D eigenvalue weighted by Gasteiger charge is 2.24. The molecule has 1 heteroatoms. The molecular weight excluding hydrogens is 242 g/mol. The Labute approximate surface area is 123 Å². The van der Waals surface area contributed by atoms with Gasteiger partial charge in [-0.1, -0.05) is 13.8 Å². The fourth-order valence-electron chi connectivity index (χ4n) is 3.79. The van der Waals surface area contributed by atoms with Gasteiger partial charge in [0.15, 0.2) is 5.69 Å². The third-order valence-corrected chi connectivity index (χ3v) is 5.23. The normalized spacial score (nSPS) is 11.7. The van der Waals surface area contributed by atoms with Crippen molar-refractivity contribution in [1.29, 1.82) is 0 Å². The van der Waals surface area contributed by atoms with Crippen molar-refractivity contribution in [3.8, 4) is 0 Å². The van der Waals surface area contributed by atoms with Crippen LogP contribution in [-0.2, 0) is 7.05 Å². The third kappa shape index (κ3) is 1.87. The highest BCUT2D eigenvalue weighted by Crippen LogP contribution is 2.34. The predicted molar refractivity (Wildman–Crippen MR) is 87.6 cm³/mol. The van der Waals surface area contributed by atoms with Crippen LogP contribution >= 0.6 is 0 Å². The van der Waals surface area contributed by atoms with Crippen LogP contribution in [0.5, 0.6) is 0 Å². The van der Waals surface area contributed by atoms with Crippen molar-refractivity contribution >= 4 is 10.9 Å². The van der Waals surface area contributed by atoms with E-state index in [2.05, 4.69) is 67.0 Å². The maximum atomic E-state index is 2.38. The van der Waals surface area contributed by atoms with Gasteiger partial charge in [-0.2, -0.15) is 4.57 Å². The average Bonchev–Trinajstić information content (AvgIpc) is 2.37. The summed E-state index contributed by atoms with van der Waals surface area (Å²) in [4.78, 5) is 0. The Kier molecular flexibility index (Phi) is 3.66. The number of aromatic nitrogens is 1. The highest BCUT2D eigenvalue weighted by molar-refractivity contribution is 5.89. The third-order valence-electron chi connectivity index (χ3n) is 5.23. The van der Waals surface area contributed by atoms with E-state index in [1.807, 2.05) is 0 Å². The van der Waals surface area contributed by atoms with E-state index in [1.165, 1.54) is 50.0 Å². The quantitative estimate of drug-likeness (QED) is 0.665. The summed E-state index contributed by atoms with van der Waals surface area (Å²) in [6.07, 6.45) is 0. The van der Waals surface area contributed by atoms with Gasteiger partial charge in [-0.3, -0.25) is 0 Å². The van der Waals surface area contributed by atoms with E-state index in [0.29, 0.717) is 5.92 Å². The first-order chi connectivity index (χ1) is 9.20.